The lowest BCUT2D eigenvalue weighted by molar-refractivity contribution is -0.385. The van der Waals surface area contributed by atoms with Crippen LogP contribution in [0.5, 0.6) is 5.75 Å². The average Bonchev–Trinajstić information content (AvgIpc) is 2.20. The molecule has 0 bridgehead atoms. The van der Waals surface area contributed by atoms with Gasteiger partial charge in [-0.15, -0.1) is 5.92 Å². The van der Waals surface area contributed by atoms with Gasteiger partial charge in [0.05, 0.1) is 10.5 Å². The molecule has 0 aromatic heterocycles. The molecule has 0 N–H and O–H groups in total. The molecule has 0 saturated carbocycles. The van der Waals surface area contributed by atoms with E-state index in [1.165, 1.54) is 6.07 Å². The number of ether oxygens (including phenoxy) is 1. The zero-order chi connectivity index (χ0) is 11.3. The predicted octanol–water partition coefficient (Wildman–Crippen LogP) is 2.31. The molecule has 15 heavy (non-hydrogen) atoms. The smallest absolute Gasteiger partial charge is 0.276 e. The van der Waals surface area contributed by atoms with Crippen LogP contribution in [-0.4, -0.2) is 11.5 Å². The summed E-state index contributed by atoms with van der Waals surface area (Å²) < 4.78 is 5.29. The highest BCUT2D eigenvalue weighted by molar-refractivity contribution is 5.48. The molecule has 0 spiro atoms. The topological polar surface area (TPSA) is 52.4 Å². The molecular formula is C11H11NO3. The van der Waals surface area contributed by atoms with Crippen molar-refractivity contribution in [3.8, 4) is 17.6 Å². The van der Waals surface area contributed by atoms with Crippen molar-refractivity contribution in [2.75, 3.05) is 6.61 Å². The molecule has 4 heteroatoms. The third-order valence-corrected chi connectivity index (χ3v) is 1.93. The Kier molecular flexibility index (Phi) is 3.69. The van der Waals surface area contributed by atoms with Crippen LogP contribution in [0.3, 0.4) is 0 Å². The van der Waals surface area contributed by atoms with Crippen molar-refractivity contribution in [1.29, 1.82) is 0 Å². The Morgan fingerprint density at radius 2 is 2.27 bits per heavy atom. The first-order valence-electron chi connectivity index (χ1n) is 4.43. The molecule has 0 aliphatic rings. The van der Waals surface area contributed by atoms with E-state index in [4.69, 9.17) is 4.74 Å². The van der Waals surface area contributed by atoms with Gasteiger partial charge in [-0.1, -0.05) is 12.0 Å². The molecule has 1 aromatic carbocycles. The summed E-state index contributed by atoms with van der Waals surface area (Å²) in [6.45, 7) is 3.62. The second-order valence-corrected chi connectivity index (χ2v) is 2.87. The molecule has 78 valence electrons. The van der Waals surface area contributed by atoms with Gasteiger partial charge in [0.1, 0.15) is 12.4 Å². The number of nitro benzene ring substituents is 1. The maximum atomic E-state index is 10.6. The van der Waals surface area contributed by atoms with E-state index in [-0.39, 0.29) is 12.3 Å². The van der Waals surface area contributed by atoms with Gasteiger partial charge in [-0.05, 0) is 19.9 Å². The van der Waals surface area contributed by atoms with E-state index in [0.29, 0.717) is 11.3 Å². The number of benzene rings is 1. The summed E-state index contributed by atoms with van der Waals surface area (Å²) in [5.41, 5.74) is 0.595. The molecule has 0 fully saturated rings. The predicted molar refractivity (Wildman–Crippen MR) is 56.8 cm³/mol. The Balaban J connectivity index is 2.92. The average molecular weight is 205 g/mol. The number of hydrogen-bond acceptors (Lipinski definition) is 3. The fraction of sp³-hybridized carbons (Fsp3) is 0.273. The summed E-state index contributed by atoms with van der Waals surface area (Å²) in [6.07, 6.45) is 0. The monoisotopic (exact) mass is 205 g/mol. The van der Waals surface area contributed by atoms with Crippen LogP contribution in [0.1, 0.15) is 12.5 Å². The van der Waals surface area contributed by atoms with Crippen LogP contribution in [0, 0.1) is 28.9 Å². The second-order valence-electron chi connectivity index (χ2n) is 2.87. The lowest BCUT2D eigenvalue weighted by Gasteiger charge is -2.05. The first-order valence-corrected chi connectivity index (χ1v) is 4.43. The molecule has 1 aromatic rings. The van der Waals surface area contributed by atoms with Crippen LogP contribution in [0.25, 0.3) is 0 Å². The van der Waals surface area contributed by atoms with Gasteiger partial charge in [-0.2, -0.15) is 0 Å². The Hall–Kier alpha value is -2.02. The molecule has 0 aliphatic heterocycles. The van der Waals surface area contributed by atoms with Crippen molar-refractivity contribution in [1.82, 2.24) is 0 Å². The van der Waals surface area contributed by atoms with Gasteiger partial charge >= 0.3 is 0 Å². The Labute approximate surface area is 88.0 Å². The van der Waals surface area contributed by atoms with E-state index in [9.17, 15) is 10.1 Å². The Bertz CT molecular complexity index is 429. The Morgan fingerprint density at radius 3 is 2.87 bits per heavy atom. The first kappa shape index (κ1) is 11.1. The van der Waals surface area contributed by atoms with Crippen LogP contribution in [0.4, 0.5) is 5.69 Å². The van der Waals surface area contributed by atoms with E-state index >= 15 is 0 Å². The molecule has 0 saturated heterocycles. The van der Waals surface area contributed by atoms with E-state index in [2.05, 4.69) is 11.8 Å². The standard InChI is InChI=1S/C11H11NO3/c1-3-4-8-15-11-7-5-6-10(9(11)2)12(13)14/h5-7H,8H2,1-2H3. The van der Waals surface area contributed by atoms with Crippen molar-refractivity contribution in [2.45, 2.75) is 13.8 Å². The van der Waals surface area contributed by atoms with Gasteiger partial charge < -0.3 is 4.74 Å². The van der Waals surface area contributed by atoms with E-state index in [1.807, 2.05) is 0 Å². The molecule has 0 amide bonds. The normalized spacial score (nSPS) is 8.93. The number of rotatable bonds is 3. The summed E-state index contributed by atoms with van der Waals surface area (Å²) >= 11 is 0. The maximum absolute atomic E-state index is 10.6. The third kappa shape index (κ3) is 2.71. The van der Waals surface area contributed by atoms with Crippen LogP contribution in [-0.2, 0) is 0 Å². The molecule has 0 atom stereocenters. The minimum Gasteiger partial charge on any atom is -0.480 e. The van der Waals surface area contributed by atoms with Crippen molar-refractivity contribution in [2.24, 2.45) is 0 Å². The van der Waals surface area contributed by atoms with Gasteiger partial charge in [0.2, 0.25) is 0 Å². The molecule has 0 heterocycles. The van der Waals surface area contributed by atoms with Crippen molar-refractivity contribution in [3.05, 3.63) is 33.9 Å². The van der Waals surface area contributed by atoms with Gasteiger partial charge in [0, 0.05) is 6.07 Å². The summed E-state index contributed by atoms with van der Waals surface area (Å²) in [5, 5.41) is 10.6. The third-order valence-electron chi connectivity index (χ3n) is 1.93. The summed E-state index contributed by atoms with van der Waals surface area (Å²) in [5.74, 6) is 5.92. The van der Waals surface area contributed by atoms with Crippen LogP contribution in [0.2, 0.25) is 0 Å². The van der Waals surface area contributed by atoms with Gasteiger partial charge in [-0.25, -0.2) is 0 Å². The van der Waals surface area contributed by atoms with Crippen molar-refractivity contribution < 1.29 is 9.66 Å². The summed E-state index contributed by atoms with van der Waals surface area (Å²) in [4.78, 5) is 10.2. The van der Waals surface area contributed by atoms with E-state index in [0.717, 1.165) is 0 Å². The van der Waals surface area contributed by atoms with Crippen LogP contribution >= 0.6 is 0 Å². The van der Waals surface area contributed by atoms with Crippen molar-refractivity contribution >= 4 is 5.69 Å². The second kappa shape index (κ2) is 5.01. The molecule has 0 unspecified atom stereocenters. The van der Waals surface area contributed by atoms with Gasteiger partial charge in [-0.3, -0.25) is 10.1 Å². The molecular weight excluding hydrogens is 194 g/mol. The highest BCUT2D eigenvalue weighted by Crippen LogP contribution is 2.26. The highest BCUT2D eigenvalue weighted by Gasteiger charge is 2.13. The molecule has 1 rings (SSSR count). The lowest BCUT2D eigenvalue weighted by atomic mass is 10.2. The number of nitro groups is 1. The Morgan fingerprint density at radius 1 is 1.53 bits per heavy atom. The fourth-order valence-corrected chi connectivity index (χ4v) is 1.14. The SMILES string of the molecule is CC#CCOc1cccc([N+](=O)[O-])c1C. The van der Waals surface area contributed by atoms with E-state index in [1.54, 1.807) is 26.0 Å². The minimum atomic E-state index is -0.423. The summed E-state index contributed by atoms with van der Waals surface area (Å²) in [7, 11) is 0. The quantitative estimate of drug-likeness (QED) is 0.432. The zero-order valence-corrected chi connectivity index (χ0v) is 8.61. The maximum Gasteiger partial charge on any atom is 0.276 e. The fourth-order valence-electron chi connectivity index (χ4n) is 1.14. The van der Waals surface area contributed by atoms with Crippen LogP contribution in [0.15, 0.2) is 18.2 Å². The molecule has 4 nitrogen and oxygen atoms in total. The molecule has 0 radical (unpaired) electrons. The largest absolute Gasteiger partial charge is 0.480 e. The van der Waals surface area contributed by atoms with E-state index < -0.39 is 4.92 Å². The highest BCUT2D eigenvalue weighted by atomic mass is 16.6. The number of hydrogen-bond donors (Lipinski definition) is 0. The van der Waals surface area contributed by atoms with Gasteiger partial charge in [0.25, 0.3) is 5.69 Å². The zero-order valence-electron chi connectivity index (χ0n) is 8.61. The minimum absolute atomic E-state index is 0.0666. The van der Waals surface area contributed by atoms with Crippen LogP contribution < -0.4 is 4.74 Å². The summed E-state index contributed by atoms with van der Waals surface area (Å²) in [6, 6.07) is 4.74. The van der Waals surface area contributed by atoms with Crippen molar-refractivity contribution in [3.63, 3.8) is 0 Å². The number of nitrogens with zero attached hydrogens (tertiary/aromatic N) is 1. The van der Waals surface area contributed by atoms with Gasteiger partial charge in [0.15, 0.2) is 0 Å². The first-order chi connectivity index (χ1) is 7.16. The molecule has 0 aliphatic carbocycles. The lowest BCUT2D eigenvalue weighted by Crippen LogP contribution is -1.98.